The fourth-order valence-electron chi connectivity index (χ4n) is 2.59. The molecule has 0 aliphatic carbocycles. The molecule has 106 valence electrons. The Morgan fingerprint density at radius 1 is 1.32 bits per heavy atom. The van der Waals surface area contributed by atoms with Crippen molar-refractivity contribution >= 4 is 5.82 Å². The van der Waals surface area contributed by atoms with Crippen LogP contribution in [0.2, 0.25) is 0 Å². The Bertz CT molecular complexity index is 560. The van der Waals surface area contributed by atoms with E-state index in [1.807, 2.05) is 11.9 Å². The van der Waals surface area contributed by atoms with Crippen LogP contribution in [0.15, 0.2) is 9.59 Å². The normalized spacial score (nSPS) is 19.7. The minimum absolute atomic E-state index is 0.261. The van der Waals surface area contributed by atoms with Crippen molar-refractivity contribution in [2.24, 2.45) is 14.1 Å². The lowest BCUT2D eigenvalue weighted by Gasteiger charge is -2.36. The first-order valence-electron chi connectivity index (χ1n) is 6.62. The Labute approximate surface area is 111 Å². The number of likely N-dealkylation sites (N-methyl/N-ethyl adjacent to an activating group) is 1. The van der Waals surface area contributed by atoms with E-state index in [1.54, 1.807) is 7.05 Å². The van der Waals surface area contributed by atoms with Crippen molar-refractivity contribution in [3.63, 3.8) is 0 Å². The molecule has 0 bridgehead atoms. The monoisotopic (exact) mass is 267 g/mol. The van der Waals surface area contributed by atoms with Crippen molar-refractivity contribution < 1.29 is 0 Å². The van der Waals surface area contributed by atoms with Gasteiger partial charge in [0.25, 0.3) is 5.56 Å². The van der Waals surface area contributed by atoms with Crippen molar-refractivity contribution in [1.82, 2.24) is 19.7 Å². The fourth-order valence-corrected chi connectivity index (χ4v) is 2.59. The summed E-state index contributed by atoms with van der Waals surface area (Å²) in [7, 11) is 4.97. The molecule has 2 rings (SSSR count). The Hall–Kier alpha value is -1.63. The van der Waals surface area contributed by atoms with E-state index in [1.165, 1.54) is 11.7 Å². The average Bonchev–Trinajstić information content (AvgIpc) is 2.42. The zero-order valence-electron chi connectivity index (χ0n) is 11.7. The maximum Gasteiger partial charge on any atom is 0.346 e. The van der Waals surface area contributed by atoms with E-state index in [4.69, 9.17) is 0 Å². The van der Waals surface area contributed by atoms with Gasteiger partial charge in [-0.2, -0.15) is 0 Å². The number of aryl methyl sites for hydroxylation is 1. The first kappa shape index (κ1) is 13.8. The van der Waals surface area contributed by atoms with Gasteiger partial charge >= 0.3 is 5.69 Å². The highest BCUT2D eigenvalue weighted by molar-refractivity contribution is 5.37. The van der Waals surface area contributed by atoms with Crippen LogP contribution < -0.4 is 21.5 Å². The number of anilines is 1. The van der Waals surface area contributed by atoms with Gasteiger partial charge in [-0.15, -0.1) is 5.10 Å². The molecule has 0 saturated carbocycles. The third-order valence-electron chi connectivity index (χ3n) is 3.64. The van der Waals surface area contributed by atoms with Crippen LogP contribution >= 0.6 is 0 Å². The molecule has 1 aromatic heterocycles. The van der Waals surface area contributed by atoms with Crippen molar-refractivity contribution in [3.05, 3.63) is 20.8 Å². The minimum atomic E-state index is -0.393. The van der Waals surface area contributed by atoms with Gasteiger partial charge < -0.3 is 10.2 Å². The summed E-state index contributed by atoms with van der Waals surface area (Å²) in [6.45, 7) is 1.63. The predicted molar refractivity (Wildman–Crippen MR) is 73.6 cm³/mol. The summed E-state index contributed by atoms with van der Waals surface area (Å²) < 4.78 is 2.34. The van der Waals surface area contributed by atoms with E-state index < -0.39 is 5.69 Å². The molecule has 0 amide bonds. The molecule has 1 aliphatic rings. The molecule has 7 nitrogen and oxygen atoms in total. The van der Waals surface area contributed by atoms with Crippen LogP contribution in [0.5, 0.6) is 0 Å². The van der Waals surface area contributed by atoms with Crippen LogP contribution in [0, 0.1) is 0 Å². The van der Waals surface area contributed by atoms with E-state index in [-0.39, 0.29) is 11.6 Å². The largest absolute Gasteiger partial charge is 0.346 e. The van der Waals surface area contributed by atoms with Gasteiger partial charge in [0.1, 0.15) is 0 Å². The SMILES string of the molecule is CNCC1CCCCN1c1nn(C)c(=O)n(C)c1=O. The van der Waals surface area contributed by atoms with E-state index in [0.29, 0.717) is 5.82 Å². The molecule has 0 aromatic carbocycles. The summed E-state index contributed by atoms with van der Waals surface area (Å²) in [6.07, 6.45) is 3.25. The van der Waals surface area contributed by atoms with Crippen molar-refractivity contribution in [2.75, 3.05) is 25.0 Å². The smallest absolute Gasteiger partial charge is 0.346 e. The molecule has 2 heterocycles. The molecule has 1 aromatic rings. The number of hydrogen-bond donors (Lipinski definition) is 1. The van der Waals surface area contributed by atoms with Crippen molar-refractivity contribution in [3.8, 4) is 0 Å². The number of piperidine rings is 1. The molecule has 1 aliphatic heterocycles. The van der Waals surface area contributed by atoms with Gasteiger partial charge in [0.2, 0.25) is 5.82 Å². The van der Waals surface area contributed by atoms with Crippen LogP contribution in [0.1, 0.15) is 19.3 Å². The highest BCUT2D eigenvalue weighted by atomic mass is 16.2. The molecule has 0 spiro atoms. The Morgan fingerprint density at radius 3 is 2.74 bits per heavy atom. The molecule has 7 heteroatoms. The zero-order valence-corrected chi connectivity index (χ0v) is 11.7. The quantitative estimate of drug-likeness (QED) is 0.765. The second-order valence-corrected chi connectivity index (χ2v) is 4.99. The van der Waals surface area contributed by atoms with Gasteiger partial charge in [-0.1, -0.05) is 0 Å². The van der Waals surface area contributed by atoms with Crippen LogP contribution in [0.4, 0.5) is 5.82 Å². The van der Waals surface area contributed by atoms with Gasteiger partial charge in [-0.05, 0) is 26.3 Å². The number of nitrogens with one attached hydrogen (secondary N) is 1. The Morgan fingerprint density at radius 2 is 2.05 bits per heavy atom. The summed E-state index contributed by atoms with van der Waals surface area (Å²) in [4.78, 5) is 25.9. The topological polar surface area (TPSA) is 72.2 Å². The summed E-state index contributed by atoms with van der Waals surface area (Å²) in [5.74, 6) is 0.379. The van der Waals surface area contributed by atoms with E-state index in [9.17, 15) is 9.59 Å². The molecule has 1 atom stereocenters. The molecule has 1 unspecified atom stereocenters. The maximum atomic E-state index is 12.2. The van der Waals surface area contributed by atoms with Crippen molar-refractivity contribution in [1.29, 1.82) is 0 Å². The number of hydrogen-bond acceptors (Lipinski definition) is 5. The third kappa shape index (κ3) is 2.56. The summed E-state index contributed by atoms with van der Waals surface area (Å²) >= 11 is 0. The summed E-state index contributed by atoms with van der Waals surface area (Å²) in [5, 5.41) is 7.31. The lowest BCUT2D eigenvalue weighted by Crippen LogP contribution is -2.50. The van der Waals surface area contributed by atoms with E-state index >= 15 is 0 Å². The fraction of sp³-hybridized carbons (Fsp3) is 0.750. The first-order valence-corrected chi connectivity index (χ1v) is 6.62. The lowest BCUT2D eigenvalue weighted by atomic mass is 10.0. The molecule has 0 radical (unpaired) electrons. The minimum Gasteiger partial charge on any atom is -0.346 e. The molecule has 1 fully saturated rings. The maximum absolute atomic E-state index is 12.2. The van der Waals surface area contributed by atoms with Crippen LogP contribution in [0.3, 0.4) is 0 Å². The highest BCUT2D eigenvalue weighted by Crippen LogP contribution is 2.19. The van der Waals surface area contributed by atoms with Crippen molar-refractivity contribution in [2.45, 2.75) is 25.3 Å². The summed E-state index contributed by atoms with van der Waals surface area (Å²) in [5.41, 5.74) is -0.706. The number of aromatic nitrogens is 3. The highest BCUT2D eigenvalue weighted by Gasteiger charge is 2.26. The Balaban J connectivity index is 2.45. The molecular weight excluding hydrogens is 246 g/mol. The third-order valence-corrected chi connectivity index (χ3v) is 3.64. The Kier molecular flexibility index (Phi) is 4.04. The predicted octanol–water partition coefficient (Wildman–Crippen LogP) is -0.943. The summed E-state index contributed by atoms with van der Waals surface area (Å²) in [6, 6.07) is 0.261. The average molecular weight is 267 g/mol. The number of nitrogens with zero attached hydrogens (tertiary/aromatic N) is 4. The second kappa shape index (κ2) is 5.56. The van der Waals surface area contributed by atoms with E-state index in [2.05, 4.69) is 10.4 Å². The standard InChI is InChI=1S/C12H21N5O2/c1-13-8-9-6-4-5-7-17(9)10-11(18)15(2)12(19)16(3)14-10/h9,13H,4-8H2,1-3H3. The van der Waals surface area contributed by atoms with Gasteiger partial charge in [0.15, 0.2) is 0 Å². The van der Waals surface area contributed by atoms with Gasteiger partial charge in [0.05, 0.1) is 0 Å². The van der Waals surface area contributed by atoms with Crippen LogP contribution in [-0.2, 0) is 14.1 Å². The zero-order chi connectivity index (χ0) is 14.0. The molecule has 1 saturated heterocycles. The van der Waals surface area contributed by atoms with Crippen LogP contribution in [0.25, 0.3) is 0 Å². The molecule has 1 N–H and O–H groups in total. The first-order chi connectivity index (χ1) is 9.06. The second-order valence-electron chi connectivity index (χ2n) is 4.99. The van der Waals surface area contributed by atoms with Gasteiger partial charge in [-0.3, -0.25) is 9.36 Å². The van der Waals surface area contributed by atoms with Gasteiger partial charge in [0, 0.05) is 33.2 Å². The van der Waals surface area contributed by atoms with E-state index in [0.717, 1.165) is 36.9 Å². The molecule has 19 heavy (non-hydrogen) atoms. The van der Waals surface area contributed by atoms with Gasteiger partial charge in [-0.25, -0.2) is 9.48 Å². The van der Waals surface area contributed by atoms with Crippen LogP contribution in [-0.4, -0.2) is 40.5 Å². The number of rotatable bonds is 3. The lowest BCUT2D eigenvalue weighted by molar-refractivity contribution is 0.434. The molecular formula is C12H21N5O2.